The molecule has 1 aliphatic heterocycles. The third-order valence-corrected chi connectivity index (χ3v) is 6.01. The molecule has 0 aromatic heterocycles. The number of hydrogen-bond acceptors (Lipinski definition) is 4. The number of benzene rings is 1. The molecule has 132 valence electrons. The number of amides is 1. The number of sulfonamides is 1. The van der Waals surface area contributed by atoms with E-state index in [4.69, 9.17) is 16.7 Å². The van der Waals surface area contributed by atoms with E-state index in [0.29, 0.717) is 0 Å². The first kappa shape index (κ1) is 18.6. The van der Waals surface area contributed by atoms with Crippen LogP contribution in [-0.2, 0) is 19.6 Å². The third kappa shape index (κ3) is 3.52. The molecule has 24 heavy (non-hydrogen) atoms. The Labute approximate surface area is 143 Å². The van der Waals surface area contributed by atoms with Crippen molar-refractivity contribution in [2.24, 2.45) is 11.8 Å². The molecule has 0 bridgehead atoms. The summed E-state index contributed by atoms with van der Waals surface area (Å²) in [6, 6.07) is 1.74. The first-order chi connectivity index (χ1) is 11.0. The van der Waals surface area contributed by atoms with Crippen LogP contribution >= 0.6 is 11.6 Å². The van der Waals surface area contributed by atoms with Gasteiger partial charge in [0.2, 0.25) is 15.9 Å². The quantitative estimate of drug-likeness (QED) is 0.831. The van der Waals surface area contributed by atoms with Crippen molar-refractivity contribution in [3.05, 3.63) is 23.0 Å². The number of carboxylic acid groups (broad SMARTS) is 1. The molecule has 2 atom stereocenters. The van der Waals surface area contributed by atoms with Crippen molar-refractivity contribution in [3.63, 3.8) is 0 Å². The van der Waals surface area contributed by atoms with Gasteiger partial charge in [0.05, 0.1) is 16.6 Å². The monoisotopic (exact) mass is 378 g/mol. The van der Waals surface area contributed by atoms with Crippen molar-refractivity contribution >= 4 is 39.2 Å². The minimum absolute atomic E-state index is 0.0240. The number of nitrogens with zero attached hydrogens (tertiary/aromatic N) is 1. The first-order valence-corrected chi connectivity index (χ1v) is 8.85. The summed E-state index contributed by atoms with van der Waals surface area (Å²) in [5, 5.41) is 11.3. The van der Waals surface area contributed by atoms with Crippen LogP contribution in [0.1, 0.15) is 13.8 Å². The topological polar surface area (TPSA) is 104 Å². The van der Waals surface area contributed by atoms with Gasteiger partial charge < -0.3 is 10.4 Å². The smallest absolute Gasteiger partial charge is 0.308 e. The second kappa shape index (κ2) is 6.66. The molecule has 0 spiro atoms. The van der Waals surface area contributed by atoms with Gasteiger partial charge >= 0.3 is 5.97 Å². The highest BCUT2D eigenvalue weighted by Gasteiger charge is 2.41. The van der Waals surface area contributed by atoms with E-state index in [1.807, 2.05) is 0 Å². The fourth-order valence-electron chi connectivity index (χ4n) is 2.59. The zero-order valence-electron chi connectivity index (χ0n) is 12.9. The second-order valence-electron chi connectivity index (χ2n) is 5.69. The fourth-order valence-corrected chi connectivity index (χ4v) is 4.50. The molecule has 1 aliphatic rings. The Hall–Kier alpha value is -1.71. The van der Waals surface area contributed by atoms with Gasteiger partial charge in [0, 0.05) is 26.1 Å². The van der Waals surface area contributed by atoms with Crippen LogP contribution in [0.2, 0.25) is 5.02 Å². The molecule has 7 nitrogen and oxygen atoms in total. The predicted molar refractivity (Wildman–Crippen MR) is 84.8 cm³/mol. The molecule has 1 heterocycles. The number of rotatable bonds is 4. The summed E-state index contributed by atoms with van der Waals surface area (Å²) >= 11 is 5.91. The standard InChI is InChI=1S/C14H16ClFN2O5S/c1-7-5-18(6-9(7)14(20)21)24(22,23)13-3-10(15)12(4-11(13)16)17-8(2)19/h3-4,7,9H,5-6H2,1-2H3,(H,17,19)(H,20,21)/t7-,9-/m1/s1. The van der Waals surface area contributed by atoms with Crippen LogP contribution < -0.4 is 5.32 Å². The van der Waals surface area contributed by atoms with Gasteiger partial charge in [-0.15, -0.1) is 0 Å². The van der Waals surface area contributed by atoms with Crippen molar-refractivity contribution in [2.45, 2.75) is 18.7 Å². The largest absolute Gasteiger partial charge is 0.481 e. The zero-order valence-corrected chi connectivity index (χ0v) is 14.5. The van der Waals surface area contributed by atoms with Gasteiger partial charge in [-0.3, -0.25) is 9.59 Å². The molecule has 0 unspecified atom stereocenters. The van der Waals surface area contributed by atoms with Gasteiger partial charge in [0.1, 0.15) is 10.7 Å². The van der Waals surface area contributed by atoms with E-state index < -0.39 is 44.4 Å². The number of carboxylic acids is 1. The summed E-state index contributed by atoms with van der Waals surface area (Å²) < 4.78 is 40.4. The lowest BCUT2D eigenvalue weighted by molar-refractivity contribution is -0.142. The number of hydrogen-bond donors (Lipinski definition) is 2. The van der Waals surface area contributed by atoms with Crippen LogP contribution in [0.3, 0.4) is 0 Å². The highest BCUT2D eigenvalue weighted by Crippen LogP contribution is 2.33. The molecule has 1 fully saturated rings. The van der Waals surface area contributed by atoms with E-state index in [1.165, 1.54) is 6.92 Å². The van der Waals surface area contributed by atoms with Gasteiger partial charge in [-0.1, -0.05) is 18.5 Å². The SMILES string of the molecule is CC(=O)Nc1cc(F)c(S(=O)(=O)N2C[C@@H](C)[C@H](C(=O)O)C2)cc1Cl. The lowest BCUT2D eigenvalue weighted by Gasteiger charge is -2.17. The molecule has 0 saturated carbocycles. The van der Waals surface area contributed by atoms with Gasteiger partial charge in [-0.05, 0) is 12.0 Å². The summed E-state index contributed by atoms with van der Waals surface area (Å²) in [6.07, 6.45) is 0. The van der Waals surface area contributed by atoms with Crippen LogP contribution in [0.5, 0.6) is 0 Å². The fraction of sp³-hybridized carbons (Fsp3) is 0.429. The lowest BCUT2D eigenvalue weighted by atomic mass is 9.99. The minimum atomic E-state index is -4.24. The number of carbonyl (C=O) groups excluding carboxylic acids is 1. The average molecular weight is 379 g/mol. The average Bonchev–Trinajstić information content (AvgIpc) is 2.84. The molecular weight excluding hydrogens is 363 g/mol. The van der Waals surface area contributed by atoms with Crippen molar-refractivity contribution < 1.29 is 27.5 Å². The van der Waals surface area contributed by atoms with Gasteiger partial charge in [-0.2, -0.15) is 4.31 Å². The van der Waals surface area contributed by atoms with E-state index in [-0.39, 0.29) is 23.8 Å². The van der Waals surface area contributed by atoms with Crippen LogP contribution in [0, 0.1) is 17.7 Å². The maximum absolute atomic E-state index is 14.3. The van der Waals surface area contributed by atoms with Crippen LogP contribution in [0.15, 0.2) is 17.0 Å². The normalized spacial score (nSPS) is 21.7. The Kier molecular flexibility index (Phi) is 5.17. The lowest BCUT2D eigenvalue weighted by Crippen LogP contribution is -2.30. The summed E-state index contributed by atoms with van der Waals surface area (Å²) in [7, 11) is -4.24. The van der Waals surface area contributed by atoms with E-state index in [1.54, 1.807) is 6.92 Å². The molecular formula is C14H16ClFN2O5S. The summed E-state index contributed by atoms with van der Waals surface area (Å²) in [5.74, 6) is -3.90. The van der Waals surface area contributed by atoms with Gasteiger partial charge in [0.25, 0.3) is 0 Å². The number of anilines is 1. The molecule has 1 aromatic carbocycles. The Morgan fingerprint density at radius 3 is 2.50 bits per heavy atom. The highest BCUT2D eigenvalue weighted by atomic mass is 35.5. The predicted octanol–water partition coefficient (Wildman–Crippen LogP) is 1.78. The molecule has 1 amide bonds. The first-order valence-electron chi connectivity index (χ1n) is 7.03. The molecule has 0 aliphatic carbocycles. The molecule has 0 radical (unpaired) electrons. The Balaban J connectivity index is 2.39. The van der Waals surface area contributed by atoms with Crippen LogP contribution in [0.25, 0.3) is 0 Å². The summed E-state index contributed by atoms with van der Waals surface area (Å²) in [6.45, 7) is 2.57. The van der Waals surface area contributed by atoms with Crippen LogP contribution in [0.4, 0.5) is 10.1 Å². The molecule has 1 aromatic rings. The summed E-state index contributed by atoms with van der Waals surface area (Å²) in [4.78, 5) is 21.5. The van der Waals surface area contributed by atoms with Gasteiger partial charge in [-0.25, -0.2) is 12.8 Å². The molecule has 2 N–H and O–H groups in total. The molecule has 10 heteroatoms. The Morgan fingerprint density at radius 1 is 1.38 bits per heavy atom. The van der Waals surface area contributed by atoms with Crippen LogP contribution in [-0.4, -0.2) is 42.8 Å². The maximum atomic E-state index is 14.3. The maximum Gasteiger partial charge on any atom is 0.308 e. The van der Waals surface area contributed by atoms with E-state index in [9.17, 15) is 22.4 Å². The van der Waals surface area contributed by atoms with Crippen molar-refractivity contribution in [1.29, 1.82) is 0 Å². The van der Waals surface area contributed by atoms with E-state index in [0.717, 1.165) is 16.4 Å². The summed E-state index contributed by atoms with van der Waals surface area (Å²) in [5.41, 5.74) is -0.0428. The number of aliphatic carboxylic acids is 1. The van der Waals surface area contributed by atoms with Crippen molar-refractivity contribution in [3.8, 4) is 0 Å². The number of carbonyl (C=O) groups is 2. The zero-order chi connectivity index (χ0) is 18.2. The Bertz CT molecular complexity index is 799. The van der Waals surface area contributed by atoms with Crippen molar-refractivity contribution in [2.75, 3.05) is 18.4 Å². The number of halogens is 2. The minimum Gasteiger partial charge on any atom is -0.481 e. The third-order valence-electron chi connectivity index (χ3n) is 3.85. The van der Waals surface area contributed by atoms with Crippen molar-refractivity contribution in [1.82, 2.24) is 4.31 Å². The number of nitrogens with one attached hydrogen (secondary N) is 1. The molecule has 2 rings (SSSR count). The Morgan fingerprint density at radius 2 is 2.00 bits per heavy atom. The van der Waals surface area contributed by atoms with E-state index >= 15 is 0 Å². The van der Waals surface area contributed by atoms with E-state index in [2.05, 4.69) is 5.32 Å². The van der Waals surface area contributed by atoms with Gasteiger partial charge in [0.15, 0.2) is 0 Å². The molecule has 1 saturated heterocycles. The highest BCUT2D eigenvalue weighted by molar-refractivity contribution is 7.89. The second-order valence-corrected chi connectivity index (χ2v) is 8.00.